The zero-order valence-electron chi connectivity index (χ0n) is 40.2. The number of amides is 2. The average molecular weight is 1110 g/mol. The number of methoxy groups -OCH3 is 1. The summed E-state index contributed by atoms with van der Waals surface area (Å²) in [5, 5.41) is 93.1. The molecule has 0 aliphatic rings. The van der Waals surface area contributed by atoms with Crippen LogP contribution in [0.4, 0.5) is 73.0 Å². The lowest BCUT2D eigenvalue weighted by Gasteiger charge is -2.20. The highest BCUT2D eigenvalue weighted by Crippen LogP contribution is 2.29. The van der Waals surface area contributed by atoms with Gasteiger partial charge in [-0.25, -0.2) is 9.80 Å². The molecule has 0 aliphatic carbocycles. The number of urea groups is 1. The maximum atomic E-state index is 10.9. The zero-order valence-corrected chi connectivity index (χ0v) is 41.9. The van der Waals surface area contributed by atoms with Crippen LogP contribution in [0.5, 0.6) is 17.2 Å². The van der Waals surface area contributed by atoms with Crippen LogP contribution in [-0.2, 0) is 0 Å². The number of hydrazine groups is 1. The Morgan fingerprint density at radius 2 is 1.00 bits per heavy atom. The Kier molecular flexibility index (Phi) is 32.4. The molecule has 17 N–H and O–H groups in total. The van der Waals surface area contributed by atoms with Gasteiger partial charge in [-0.2, -0.15) is 0 Å². The van der Waals surface area contributed by atoms with Gasteiger partial charge in [0.05, 0.1) is 68.1 Å². The highest BCUT2D eigenvalue weighted by molar-refractivity contribution is 5.85. The number of anilines is 7. The summed E-state index contributed by atoms with van der Waals surface area (Å²) in [4.78, 5) is 59.9. The zero-order chi connectivity index (χ0) is 55.9. The first-order valence-corrected chi connectivity index (χ1v) is 20.9. The summed E-state index contributed by atoms with van der Waals surface area (Å²) in [5.74, 6) is 0.710. The predicted octanol–water partition coefficient (Wildman–Crippen LogP) is 6.79. The van der Waals surface area contributed by atoms with Crippen LogP contribution in [0.15, 0.2) is 127 Å². The molecule has 0 aromatic heterocycles. The number of primary amides is 1. The number of aliphatic hydroxyl groups is 2. The number of non-ortho nitro benzene ring substituents is 3. The lowest BCUT2D eigenvalue weighted by Crippen LogP contribution is -2.39. The van der Waals surface area contributed by atoms with Crippen molar-refractivity contribution in [2.45, 2.75) is 6.92 Å². The van der Waals surface area contributed by atoms with E-state index in [2.05, 4.69) is 16.1 Å². The molecule has 6 aromatic rings. The number of ether oxygens (including phenoxy) is 1. The van der Waals surface area contributed by atoms with Crippen LogP contribution in [0.2, 0.25) is 0 Å². The van der Waals surface area contributed by atoms with E-state index in [1.807, 2.05) is 0 Å². The molecule has 0 unspecified atom stereocenters. The molecule has 0 aliphatic heterocycles. The normalized spacial score (nSPS) is 9.26. The van der Waals surface area contributed by atoms with E-state index in [0.717, 1.165) is 5.69 Å². The summed E-state index contributed by atoms with van der Waals surface area (Å²) >= 11 is 0. The summed E-state index contributed by atoms with van der Waals surface area (Å²) in [7, 11) is 1.44. The van der Waals surface area contributed by atoms with E-state index in [1.54, 1.807) is 43.3 Å². The molecule has 0 saturated heterocycles. The molecule has 0 spiro atoms. The molecule has 30 nitrogen and oxygen atoms in total. The minimum absolute atomic E-state index is 0. The van der Waals surface area contributed by atoms with Crippen LogP contribution in [0, 0.1) is 50.6 Å². The lowest BCUT2D eigenvalue weighted by atomic mass is 10.2. The number of halogens is 2. The first kappa shape index (κ1) is 68.2. The molecular weight excluding hydrogens is 1050 g/mol. The molecule has 76 heavy (non-hydrogen) atoms. The minimum Gasteiger partial charge on any atom is -0.508 e. The van der Waals surface area contributed by atoms with E-state index in [0.29, 0.717) is 41.6 Å². The number of phenols is 2. The Hall–Kier alpha value is -9.91. The number of nitrogens with two attached hydrogens (primary N) is 5. The predicted molar refractivity (Wildman–Crippen MR) is 291 cm³/mol. The van der Waals surface area contributed by atoms with Crippen molar-refractivity contribution < 1.29 is 54.6 Å². The number of hydrogen-bond donors (Lipinski definition) is 12. The number of nitrogens with zero attached hydrogens (tertiary/aromatic N) is 6. The van der Waals surface area contributed by atoms with Gasteiger partial charge in [-0.3, -0.25) is 56.0 Å². The first-order valence-electron chi connectivity index (χ1n) is 20.9. The van der Waals surface area contributed by atoms with Gasteiger partial charge in [0.25, 0.3) is 28.4 Å². The van der Waals surface area contributed by atoms with Gasteiger partial charge in [0.15, 0.2) is 0 Å². The number of hydrogen-bond acceptors (Lipinski definition) is 23. The van der Waals surface area contributed by atoms with Gasteiger partial charge in [-0.05, 0) is 85.8 Å². The summed E-state index contributed by atoms with van der Waals surface area (Å²) in [6.45, 7) is 2.98. The van der Waals surface area contributed by atoms with Crippen molar-refractivity contribution in [2.24, 2.45) is 5.73 Å². The van der Waals surface area contributed by atoms with Gasteiger partial charge < -0.3 is 64.5 Å². The Morgan fingerprint density at radius 3 is 1.42 bits per heavy atom. The smallest absolute Gasteiger partial charge is 0.333 e. The van der Waals surface area contributed by atoms with Crippen LogP contribution >= 0.6 is 24.8 Å². The Bertz CT molecular complexity index is 2770. The highest BCUT2D eigenvalue weighted by atomic mass is 35.5. The van der Waals surface area contributed by atoms with Gasteiger partial charge in [-0.15, -0.1) is 24.8 Å². The molecule has 0 heterocycles. The minimum atomic E-state index is -0.610. The number of carbonyl (C=O) groups excluding carboxylic acids is 1. The van der Waals surface area contributed by atoms with Crippen molar-refractivity contribution in [3.8, 4) is 17.2 Å². The third-order valence-corrected chi connectivity index (χ3v) is 8.65. The standard InChI is InChI=1S/C9H12N4O3.C9H12N2O4.C8H11NO2.2C6H7N3O2.C6H5NO3.2ClH/c1-2-12(9(10)14)11-7-3-5-8(6-4-7)13(15)16;1-15-7-2-3-8(10-4-5-12)9(6-7)11(13)14;10-6-5-9-7-1-3-8(11)4-2-7;7-5-2-1-4(9(10)11)3-6(5)8;7-4-1-2-5(8)6(3-4)9(10)11;8-6-3-1-5(2-4-6)7(9)10;;/h3-6,11H,2H2,1H3,(H2,10,14);2-3,6,10,12H,4-5H2,1H3;1-4,9-11H,5-6H2;2*1-3H,7-8H2;1-4,8H;2*1H. The van der Waals surface area contributed by atoms with E-state index in [4.69, 9.17) is 53.8 Å². The second kappa shape index (κ2) is 36.1. The van der Waals surface area contributed by atoms with E-state index in [9.17, 15) is 55.4 Å². The number of phenolic OH excluding ortho intramolecular Hbond substituents is 2. The van der Waals surface area contributed by atoms with Crippen molar-refractivity contribution in [3.63, 3.8) is 0 Å². The molecule has 32 heteroatoms. The van der Waals surface area contributed by atoms with Crippen molar-refractivity contribution in [1.82, 2.24) is 5.01 Å². The number of nitro groups is 5. The van der Waals surface area contributed by atoms with Crippen LogP contribution in [0.1, 0.15) is 6.92 Å². The van der Waals surface area contributed by atoms with Gasteiger partial charge >= 0.3 is 6.03 Å². The summed E-state index contributed by atoms with van der Waals surface area (Å²) in [6, 6.07) is 29.4. The molecule has 0 radical (unpaired) electrons. The number of aromatic hydroxyl groups is 2. The van der Waals surface area contributed by atoms with E-state index < -0.39 is 30.6 Å². The number of carbonyl (C=O) groups is 1. The summed E-state index contributed by atoms with van der Waals surface area (Å²) in [5.41, 5.74) is 31.7. The Labute approximate surface area is 444 Å². The van der Waals surface area contributed by atoms with Crippen LogP contribution < -0.4 is 49.5 Å². The molecule has 6 aromatic carbocycles. The SMILES string of the molecule is CCN(Nc1ccc([N+](=O)[O-])cc1)C(N)=O.COc1ccc(NCCO)c([N+](=O)[O-])c1.Cl.Cl.Nc1ccc(N)c([N+](=O)[O-])c1.Nc1ccc([N+](=O)[O-])cc1N.O=[N+]([O-])c1ccc(O)cc1.OCCNc1ccc(O)cc1. The van der Waals surface area contributed by atoms with Crippen LogP contribution in [-0.4, -0.2) is 96.0 Å². The summed E-state index contributed by atoms with van der Waals surface area (Å²) in [6.07, 6.45) is 0. The number of rotatable bonds is 15. The molecule has 0 saturated carbocycles. The molecule has 0 fully saturated rings. The fourth-order valence-electron chi connectivity index (χ4n) is 4.98. The third-order valence-electron chi connectivity index (χ3n) is 8.65. The van der Waals surface area contributed by atoms with Gasteiger partial charge in [0.1, 0.15) is 28.6 Å². The maximum Gasteiger partial charge on any atom is 0.333 e. The van der Waals surface area contributed by atoms with E-state index in [1.165, 1.54) is 103 Å². The largest absolute Gasteiger partial charge is 0.508 e. The van der Waals surface area contributed by atoms with Crippen molar-refractivity contribution in [2.75, 3.05) is 79.0 Å². The quantitative estimate of drug-likeness (QED) is 0.0218. The number of nitro benzene ring substituents is 5. The van der Waals surface area contributed by atoms with Gasteiger partial charge in [0.2, 0.25) is 0 Å². The Morgan fingerprint density at radius 1 is 0.553 bits per heavy atom. The molecule has 6 rings (SSSR count). The Balaban J connectivity index is 0. The average Bonchev–Trinajstić information content (AvgIpc) is 3.37. The van der Waals surface area contributed by atoms with Crippen molar-refractivity contribution >= 4 is 99.1 Å². The van der Waals surface area contributed by atoms with E-state index in [-0.39, 0.29) is 95.9 Å². The van der Waals surface area contributed by atoms with Crippen molar-refractivity contribution in [3.05, 3.63) is 178 Å². The molecule has 0 atom stereocenters. The molecular formula is C44H56Cl2N14O16. The number of nitrogens with one attached hydrogen (secondary N) is 3. The molecule has 0 bridgehead atoms. The molecule has 412 valence electrons. The maximum absolute atomic E-state index is 10.9. The summed E-state index contributed by atoms with van der Waals surface area (Å²) < 4.78 is 4.88. The fourth-order valence-corrected chi connectivity index (χ4v) is 4.98. The lowest BCUT2D eigenvalue weighted by molar-refractivity contribution is -0.385. The topological polar surface area (TPSA) is 492 Å². The van der Waals surface area contributed by atoms with Crippen LogP contribution in [0.3, 0.4) is 0 Å². The number of benzene rings is 6. The van der Waals surface area contributed by atoms with Crippen molar-refractivity contribution in [1.29, 1.82) is 0 Å². The number of aliphatic hydroxyl groups excluding tert-OH is 2. The highest BCUT2D eigenvalue weighted by Gasteiger charge is 2.15. The number of nitrogen functional groups attached to an aromatic ring is 4. The molecule has 2 amide bonds. The van der Waals surface area contributed by atoms with Gasteiger partial charge in [-0.1, -0.05) is 0 Å². The van der Waals surface area contributed by atoms with Gasteiger partial charge in [0, 0.05) is 73.5 Å². The second-order valence-corrected chi connectivity index (χ2v) is 13.9. The monoisotopic (exact) mass is 1110 g/mol. The second-order valence-electron chi connectivity index (χ2n) is 13.9. The third kappa shape index (κ3) is 26.0. The first-order chi connectivity index (χ1) is 35.0. The fraction of sp³-hybridized carbons (Fsp3) is 0.159. The van der Waals surface area contributed by atoms with E-state index >= 15 is 0 Å². The van der Waals surface area contributed by atoms with Crippen LogP contribution in [0.25, 0.3) is 0 Å².